The fourth-order valence-electron chi connectivity index (χ4n) is 1.94. The van der Waals surface area contributed by atoms with Gasteiger partial charge in [-0.05, 0) is 38.8 Å². The van der Waals surface area contributed by atoms with Crippen LogP contribution in [0, 0.1) is 13.8 Å². The monoisotopic (exact) mass is 255 g/mol. The summed E-state index contributed by atoms with van der Waals surface area (Å²) in [6.45, 7) is 4.52. The largest absolute Gasteiger partial charge is 0.330 e. The van der Waals surface area contributed by atoms with Crippen LogP contribution in [0.3, 0.4) is 0 Å². The average Bonchev–Trinajstić information content (AvgIpc) is 2.14. The predicted octanol–water partition coefficient (Wildman–Crippen LogP) is 1.96. The summed E-state index contributed by atoms with van der Waals surface area (Å²) in [4.78, 5) is 0. The van der Waals surface area contributed by atoms with Crippen molar-refractivity contribution in [1.29, 1.82) is 0 Å². The second-order valence-corrected chi connectivity index (χ2v) is 6.77. The quantitative estimate of drug-likeness (QED) is 0.790. The fraction of sp³-hybridized carbons (Fsp3) is 0.538. The first-order valence-corrected chi connectivity index (χ1v) is 7.73. The van der Waals surface area contributed by atoms with E-state index in [0.717, 1.165) is 23.1 Å². The SMILES string of the molecule is Cc1cc(C)cc(CS(=O)(=O)CCCCN)c1. The van der Waals surface area contributed by atoms with E-state index in [1.54, 1.807) is 0 Å². The maximum absolute atomic E-state index is 11.9. The Morgan fingerprint density at radius 3 is 2.18 bits per heavy atom. The molecular weight excluding hydrogens is 234 g/mol. The van der Waals surface area contributed by atoms with Crippen molar-refractivity contribution in [2.24, 2.45) is 5.73 Å². The van der Waals surface area contributed by atoms with E-state index >= 15 is 0 Å². The van der Waals surface area contributed by atoms with Crippen molar-refractivity contribution in [1.82, 2.24) is 0 Å². The maximum Gasteiger partial charge on any atom is 0.154 e. The molecule has 0 aliphatic rings. The van der Waals surface area contributed by atoms with Gasteiger partial charge in [-0.25, -0.2) is 8.42 Å². The summed E-state index contributed by atoms with van der Waals surface area (Å²) in [6, 6.07) is 5.92. The Hall–Kier alpha value is -0.870. The Morgan fingerprint density at radius 2 is 1.65 bits per heavy atom. The molecule has 0 unspecified atom stereocenters. The van der Waals surface area contributed by atoms with Crippen LogP contribution in [0.1, 0.15) is 29.5 Å². The number of hydrogen-bond donors (Lipinski definition) is 1. The Morgan fingerprint density at radius 1 is 1.06 bits per heavy atom. The molecular formula is C13H21NO2S. The summed E-state index contributed by atoms with van der Waals surface area (Å²) in [6.07, 6.45) is 1.43. The topological polar surface area (TPSA) is 60.2 Å². The van der Waals surface area contributed by atoms with E-state index < -0.39 is 9.84 Å². The van der Waals surface area contributed by atoms with Crippen LogP contribution in [0.15, 0.2) is 18.2 Å². The Bertz CT molecular complexity index is 446. The van der Waals surface area contributed by atoms with Crippen molar-refractivity contribution in [3.8, 4) is 0 Å². The summed E-state index contributed by atoms with van der Waals surface area (Å²) in [5.74, 6) is 0.372. The highest BCUT2D eigenvalue weighted by atomic mass is 32.2. The molecule has 96 valence electrons. The first kappa shape index (κ1) is 14.2. The third-order valence-corrected chi connectivity index (χ3v) is 4.26. The lowest BCUT2D eigenvalue weighted by atomic mass is 10.1. The van der Waals surface area contributed by atoms with Gasteiger partial charge in [0.1, 0.15) is 0 Å². The van der Waals surface area contributed by atoms with E-state index in [-0.39, 0.29) is 11.5 Å². The highest BCUT2D eigenvalue weighted by Crippen LogP contribution is 2.13. The molecule has 0 fully saturated rings. The van der Waals surface area contributed by atoms with Crippen LogP contribution >= 0.6 is 0 Å². The molecule has 2 N–H and O–H groups in total. The molecule has 0 bridgehead atoms. The fourth-order valence-corrected chi connectivity index (χ4v) is 3.41. The Labute approximate surface area is 104 Å². The lowest BCUT2D eigenvalue weighted by Crippen LogP contribution is -2.11. The van der Waals surface area contributed by atoms with Crippen molar-refractivity contribution >= 4 is 9.84 Å². The van der Waals surface area contributed by atoms with Gasteiger partial charge in [0, 0.05) is 0 Å². The maximum atomic E-state index is 11.9. The lowest BCUT2D eigenvalue weighted by molar-refractivity contribution is 0.591. The van der Waals surface area contributed by atoms with E-state index in [1.807, 2.05) is 32.0 Å². The van der Waals surface area contributed by atoms with Crippen molar-refractivity contribution in [3.05, 3.63) is 34.9 Å². The van der Waals surface area contributed by atoms with Crippen LogP contribution in [0.4, 0.5) is 0 Å². The predicted molar refractivity (Wildman–Crippen MR) is 71.7 cm³/mol. The van der Waals surface area contributed by atoms with Crippen molar-refractivity contribution in [2.75, 3.05) is 12.3 Å². The van der Waals surface area contributed by atoms with Gasteiger partial charge in [0.05, 0.1) is 11.5 Å². The molecule has 0 aliphatic carbocycles. The Kier molecular flexibility index (Phi) is 5.15. The van der Waals surface area contributed by atoms with Gasteiger partial charge in [-0.1, -0.05) is 29.3 Å². The molecule has 17 heavy (non-hydrogen) atoms. The van der Waals surface area contributed by atoms with Gasteiger partial charge in [-0.15, -0.1) is 0 Å². The van der Waals surface area contributed by atoms with E-state index in [0.29, 0.717) is 13.0 Å². The number of hydrogen-bond acceptors (Lipinski definition) is 3. The van der Waals surface area contributed by atoms with Crippen molar-refractivity contribution < 1.29 is 8.42 Å². The summed E-state index contributed by atoms with van der Waals surface area (Å²) in [7, 11) is -3.00. The standard InChI is InChI=1S/C13H21NO2S/c1-11-7-12(2)9-13(8-11)10-17(15,16)6-4-3-5-14/h7-9H,3-6,10,14H2,1-2H3. The van der Waals surface area contributed by atoms with E-state index in [4.69, 9.17) is 5.73 Å². The van der Waals surface area contributed by atoms with E-state index in [1.165, 1.54) is 0 Å². The molecule has 0 saturated carbocycles. The third-order valence-electron chi connectivity index (χ3n) is 2.58. The van der Waals surface area contributed by atoms with Gasteiger partial charge in [-0.2, -0.15) is 0 Å². The molecule has 0 spiro atoms. The molecule has 0 atom stereocenters. The molecule has 1 aromatic rings. The number of rotatable bonds is 6. The molecule has 0 saturated heterocycles. The number of sulfone groups is 1. The van der Waals surface area contributed by atoms with Crippen molar-refractivity contribution in [3.63, 3.8) is 0 Å². The highest BCUT2D eigenvalue weighted by molar-refractivity contribution is 7.90. The number of nitrogens with two attached hydrogens (primary N) is 1. The molecule has 1 aromatic carbocycles. The van der Waals surface area contributed by atoms with Gasteiger partial charge in [0.15, 0.2) is 9.84 Å². The smallest absolute Gasteiger partial charge is 0.154 e. The minimum atomic E-state index is -3.00. The van der Waals surface area contributed by atoms with E-state index in [9.17, 15) is 8.42 Å². The molecule has 4 heteroatoms. The minimum Gasteiger partial charge on any atom is -0.330 e. The van der Waals surface area contributed by atoms with Gasteiger partial charge in [0.25, 0.3) is 0 Å². The third kappa shape index (κ3) is 5.33. The molecule has 0 heterocycles. The summed E-state index contributed by atoms with van der Waals surface area (Å²) in [5.41, 5.74) is 8.46. The van der Waals surface area contributed by atoms with Gasteiger partial charge in [0.2, 0.25) is 0 Å². The van der Waals surface area contributed by atoms with Gasteiger partial charge in [-0.3, -0.25) is 0 Å². The molecule has 0 aromatic heterocycles. The first-order chi connectivity index (χ1) is 7.93. The normalized spacial score (nSPS) is 11.7. The number of benzene rings is 1. The molecule has 0 radical (unpaired) electrons. The highest BCUT2D eigenvalue weighted by Gasteiger charge is 2.11. The van der Waals surface area contributed by atoms with Crippen LogP contribution in [0.5, 0.6) is 0 Å². The number of unbranched alkanes of at least 4 members (excludes halogenated alkanes) is 1. The lowest BCUT2D eigenvalue weighted by Gasteiger charge is -2.06. The summed E-state index contributed by atoms with van der Waals surface area (Å²) < 4.78 is 23.7. The zero-order valence-electron chi connectivity index (χ0n) is 10.6. The molecule has 1 rings (SSSR count). The van der Waals surface area contributed by atoms with Gasteiger partial charge >= 0.3 is 0 Å². The van der Waals surface area contributed by atoms with Crippen LogP contribution in [-0.4, -0.2) is 20.7 Å². The van der Waals surface area contributed by atoms with E-state index in [2.05, 4.69) is 0 Å². The van der Waals surface area contributed by atoms with Crippen LogP contribution in [0.25, 0.3) is 0 Å². The second kappa shape index (κ2) is 6.17. The molecule has 0 aliphatic heterocycles. The van der Waals surface area contributed by atoms with Crippen molar-refractivity contribution in [2.45, 2.75) is 32.4 Å². The average molecular weight is 255 g/mol. The van der Waals surface area contributed by atoms with Crippen LogP contribution in [-0.2, 0) is 15.6 Å². The van der Waals surface area contributed by atoms with Crippen LogP contribution in [0.2, 0.25) is 0 Å². The molecule has 0 amide bonds. The van der Waals surface area contributed by atoms with Gasteiger partial charge < -0.3 is 5.73 Å². The molecule has 3 nitrogen and oxygen atoms in total. The summed E-state index contributed by atoms with van der Waals surface area (Å²) >= 11 is 0. The minimum absolute atomic E-state index is 0.139. The van der Waals surface area contributed by atoms with Crippen LogP contribution < -0.4 is 5.73 Å². The zero-order valence-corrected chi connectivity index (χ0v) is 11.4. The Balaban J connectivity index is 2.69. The summed E-state index contributed by atoms with van der Waals surface area (Å²) in [5, 5.41) is 0. The first-order valence-electron chi connectivity index (χ1n) is 5.90. The zero-order chi connectivity index (χ0) is 12.9. The second-order valence-electron chi connectivity index (χ2n) is 4.58. The number of aryl methyl sites for hydroxylation is 2.